The Kier molecular flexibility index (Phi) is 5.01. The minimum Gasteiger partial charge on any atom is -0.316 e. The molecule has 0 aliphatic heterocycles. The highest BCUT2D eigenvalue weighted by Crippen LogP contribution is 2.36. The maximum absolute atomic E-state index is 4.42. The zero-order chi connectivity index (χ0) is 13.0. The molecule has 0 radical (unpaired) electrons. The molecule has 100 valence electrons. The lowest BCUT2D eigenvalue weighted by atomic mass is 9.84. The van der Waals surface area contributed by atoms with E-state index in [1.807, 2.05) is 31.1 Å². The molecule has 3 atom stereocenters. The zero-order valence-electron chi connectivity index (χ0n) is 11.5. The first-order valence-electron chi connectivity index (χ1n) is 6.85. The summed E-state index contributed by atoms with van der Waals surface area (Å²) in [4.78, 5) is 8.83. The molecule has 0 aromatic carbocycles. The standard InChI is InChI=1S/C14H23N3S/c1-4-11-5-6-12(15-3)13(7-11)18-14-16-8-10(2)9-17-14/h8-9,11-13,15H,4-7H2,1-3H3. The molecule has 1 aliphatic carbocycles. The van der Waals surface area contributed by atoms with Crippen LogP contribution in [0.25, 0.3) is 0 Å². The van der Waals surface area contributed by atoms with E-state index in [4.69, 9.17) is 0 Å². The SMILES string of the molecule is CCC1CCC(NC)C(Sc2ncc(C)cn2)C1. The van der Waals surface area contributed by atoms with E-state index >= 15 is 0 Å². The predicted octanol–water partition coefficient (Wildman–Crippen LogP) is 3.04. The molecule has 4 heteroatoms. The second-order valence-corrected chi connectivity index (χ2v) is 6.39. The van der Waals surface area contributed by atoms with Crippen molar-refractivity contribution in [2.75, 3.05) is 7.05 Å². The van der Waals surface area contributed by atoms with Gasteiger partial charge >= 0.3 is 0 Å². The second-order valence-electron chi connectivity index (χ2n) is 5.18. The number of nitrogens with one attached hydrogen (secondary N) is 1. The van der Waals surface area contributed by atoms with E-state index < -0.39 is 0 Å². The molecule has 1 aliphatic rings. The van der Waals surface area contributed by atoms with Crippen molar-refractivity contribution in [1.82, 2.24) is 15.3 Å². The summed E-state index contributed by atoms with van der Waals surface area (Å²) >= 11 is 1.84. The lowest BCUT2D eigenvalue weighted by Crippen LogP contribution is -2.40. The van der Waals surface area contributed by atoms with Gasteiger partial charge in [-0.3, -0.25) is 0 Å². The third-order valence-electron chi connectivity index (χ3n) is 3.86. The Morgan fingerprint density at radius 3 is 2.67 bits per heavy atom. The van der Waals surface area contributed by atoms with Crippen LogP contribution in [-0.4, -0.2) is 28.3 Å². The van der Waals surface area contributed by atoms with Gasteiger partial charge in [0.25, 0.3) is 0 Å². The molecule has 1 aromatic heterocycles. The van der Waals surface area contributed by atoms with Crippen LogP contribution in [0, 0.1) is 12.8 Å². The van der Waals surface area contributed by atoms with Crippen LogP contribution in [-0.2, 0) is 0 Å². The molecule has 0 bridgehead atoms. The van der Waals surface area contributed by atoms with Gasteiger partial charge in [-0.05, 0) is 44.7 Å². The topological polar surface area (TPSA) is 37.8 Å². The Morgan fingerprint density at radius 1 is 1.33 bits per heavy atom. The van der Waals surface area contributed by atoms with Crippen molar-refractivity contribution in [2.24, 2.45) is 5.92 Å². The van der Waals surface area contributed by atoms with E-state index in [9.17, 15) is 0 Å². The first-order chi connectivity index (χ1) is 8.72. The Morgan fingerprint density at radius 2 is 2.06 bits per heavy atom. The number of nitrogens with zero attached hydrogens (tertiary/aromatic N) is 2. The van der Waals surface area contributed by atoms with E-state index in [-0.39, 0.29) is 0 Å². The molecule has 18 heavy (non-hydrogen) atoms. The monoisotopic (exact) mass is 265 g/mol. The fourth-order valence-electron chi connectivity index (χ4n) is 2.62. The van der Waals surface area contributed by atoms with Crippen LogP contribution in [0.2, 0.25) is 0 Å². The summed E-state index contributed by atoms with van der Waals surface area (Å²) in [5, 5.41) is 4.98. The van der Waals surface area contributed by atoms with Crippen LogP contribution in [0.3, 0.4) is 0 Å². The van der Waals surface area contributed by atoms with Gasteiger partial charge in [-0.25, -0.2) is 9.97 Å². The van der Waals surface area contributed by atoms with Gasteiger partial charge in [0, 0.05) is 23.7 Å². The Labute approximate surface area is 114 Å². The summed E-state index contributed by atoms with van der Waals surface area (Å²) in [5.41, 5.74) is 1.12. The lowest BCUT2D eigenvalue weighted by Gasteiger charge is -2.34. The van der Waals surface area contributed by atoms with Crippen LogP contribution in [0.5, 0.6) is 0 Å². The average molecular weight is 265 g/mol. The minimum absolute atomic E-state index is 0.600. The van der Waals surface area contributed by atoms with Crippen molar-refractivity contribution in [3.05, 3.63) is 18.0 Å². The van der Waals surface area contributed by atoms with E-state index in [1.54, 1.807) is 0 Å². The summed E-state index contributed by atoms with van der Waals surface area (Å²) in [7, 11) is 2.07. The first-order valence-corrected chi connectivity index (χ1v) is 7.73. The molecule has 1 N–H and O–H groups in total. The van der Waals surface area contributed by atoms with E-state index in [0.29, 0.717) is 11.3 Å². The quantitative estimate of drug-likeness (QED) is 0.849. The maximum atomic E-state index is 4.42. The fraction of sp³-hybridized carbons (Fsp3) is 0.714. The number of aromatic nitrogens is 2. The van der Waals surface area contributed by atoms with Crippen molar-refractivity contribution in [3.63, 3.8) is 0 Å². The molecule has 2 rings (SSSR count). The molecule has 1 heterocycles. The third kappa shape index (κ3) is 3.45. The molecule has 1 fully saturated rings. The molecule has 1 saturated carbocycles. The lowest BCUT2D eigenvalue weighted by molar-refractivity contribution is 0.304. The van der Waals surface area contributed by atoms with Gasteiger partial charge in [0.05, 0.1) is 0 Å². The largest absolute Gasteiger partial charge is 0.316 e. The Bertz CT molecular complexity index is 366. The van der Waals surface area contributed by atoms with Crippen molar-refractivity contribution in [2.45, 2.75) is 56.0 Å². The molecule has 1 aromatic rings. The van der Waals surface area contributed by atoms with Crippen LogP contribution in [0.1, 0.15) is 38.2 Å². The van der Waals surface area contributed by atoms with Gasteiger partial charge in [0.15, 0.2) is 5.16 Å². The van der Waals surface area contributed by atoms with Crippen LogP contribution >= 0.6 is 11.8 Å². The van der Waals surface area contributed by atoms with Crippen molar-refractivity contribution in [1.29, 1.82) is 0 Å². The summed E-state index contributed by atoms with van der Waals surface area (Å²) in [5.74, 6) is 0.873. The third-order valence-corrected chi connectivity index (χ3v) is 5.11. The number of aryl methyl sites for hydroxylation is 1. The predicted molar refractivity (Wildman–Crippen MR) is 76.9 cm³/mol. The summed E-state index contributed by atoms with van der Waals surface area (Å²) in [6, 6.07) is 0.600. The highest BCUT2D eigenvalue weighted by atomic mass is 32.2. The van der Waals surface area contributed by atoms with E-state index in [2.05, 4.69) is 29.3 Å². The first kappa shape index (κ1) is 13.8. The van der Waals surface area contributed by atoms with E-state index in [0.717, 1.165) is 16.6 Å². The zero-order valence-corrected chi connectivity index (χ0v) is 12.3. The van der Waals surface area contributed by atoms with Crippen LogP contribution in [0.4, 0.5) is 0 Å². The normalized spacial score (nSPS) is 28.3. The van der Waals surface area contributed by atoms with Gasteiger partial charge in [-0.15, -0.1) is 0 Å². The molecule has 0 saturated heterocycles. The second kappa shape index (κ2) is 6.53. The van der Waals surface area contributed by atoms with Crippen LogP contribution in [0.15, 0.2) is 17.6 Å². The number of thioether (sulfide) groups is 1. The smallest absolute Gasteiger partial charge is 0.187 e. The van der Waals surface area contributed by atoms with Gasteiger partial charge in [-0.2, -0.15) is 0 Å². The average Bonchev–Trinajstić information content (AvgIpc) is 2.41. The minimum atomic E-state index is 0.600. The molecule has 3 unspecified atom stereocenters. The number of hydrogen-bond acceptors (Lipinski definition) is 4. The summed E-state index contributed by atoms with van der Waals surface area (Å²) in [6.45, 7) is 4.33. The number of hydrogen-bond donors (Lipinski definition) is 1. The van der Waals surface area contributed by atoms with Crippen molar-refractivity contribution < 1.29 is 0 Å². The highest BCUT2D eigenvalue weighted by Gasteiger charge is 2.30. The molecule has 3 nitrogen and oxygen atoms in total. The van der Waals surface area contributed by atoms with Crippen molar-refractivity contribution >= 4 is 11.8 Å². The molecular weight excluding hydrogens is 242 g/mol. The molecular formula is C14H23N3S. The van der Waals surface area contributed by atoms with Crippen molar-refractivity contribution in [3.8, 4) is 0 Å². The van der Waals surface area contributed by atoms with Gasteiger partial charge in [0.2, 0.25) is 0 Å². The molecule has 0 spiro atoms. The fourth-order valence-corrected chi connectivity index (χ4v) is 3.92. The molecule has 0 amide bonds. The van der Waals surface area contributed by atoms with Crippen LogP contribution < -0.4 is 5.32 Å². The van der Waals surface area contributed by atoms with Gasteiger partial charge in [-0.1, -0.05) is 25.1 Å². The maximum Gasteiger partial charge on any atom is 0.187 e. The Balaban J connectivity index is 2.02. The van der Waals surface area contributed by atoms with Gasteiger partial charge < -0.3 is 5.32 Å². The Hall–Kier alpha value is -0.610. The van der Waals surface area contributed by atoms with E-state index in [1.165, 1.54) is 25.7 Å². The summed E-state index contributed by atoms with van der Waals surface area (Å²) < 4.78 is 0. The summed E-state index contributed by atoms with van der Waals surface area (Å²) in [6.07, 6.45) is 9.02. The highest BCUT2D eigenvalue weighted by molar-refractivity contribution is 7.99. The number of rotatable bonds is 4. The van der Waals surface area contributed by atoms with Gasteiger partial charge in [0.1, 0.15) is 0 Å².